The second-order valence-electron chi connectivity index (χ2n) is 9.29. The van der Waals surface area contributed by atoms with Crippen LogP contribution >= 0.6 is 0 Å². The first-order valence-corrected chi connectivity index (χ1v) is 13.4. The Balaban J connectivity index is 3.64. The normalized spacial score (nSPS) is 13.3. The number of hydrogen-bond donors (Lipinski definition) is 0. The Bertz CT molecular complexity index is 329. The van der Waals surface area contributed by atoms with Gasteiger partial charge in [0.2, 0.25) is 0 Å². The molecule has 0 spiro atoms. The van der Waals surface area contributed by atoms with Crippen molar-refractivity contribution in [2.45, 2.75) is 167 Å². The van der Waals surface area contributed by atoms with Crippen LogP contribution in [0.25, 0.3) is 0 Å². The van der Waals surface area contributed by atoms with Gasteiger partial charge in [-0.15, -0.1) is 0 Å². The molecule has 2 unspecified atom stereocenters. The Kier molecular flexibility index (Phi) is 23.8. The summed E-state index contributed by atoms with van der Waals surface area (Å²) in [4.78, 5) is 22.5. The zero-order valence-electron chi connectivity index (χ0n) is 20.4. The van der Waals surface area contributed by atoms with Crippen molar-refractivity contribution in [3.05, 3.63) is 9.81 Å². The van der Waals surface area contributed by atoms with Crippen molar-refractivity contribution in [1.82, 2.24) is 0 Å². The number of nitroso groups, excluding NO2 is 2. The summed E-state index contributed by atoms with van der Waals surface area (Å²) < 4.78 is 0. The quantitative estimate of drug-likeness (QED) is 0.108. The van der Waals surface area contributed by atoms with E-state index >= 15 is 0 Å². The summed E-state index contributed by atoms with van der Waals surface area (Å²) in [6.45, 7) is 4.51. The van der Waals surface area contributed by atoms with Gasteiger partial charge in [0.25, 0.3) is 0 Å². The van der Waals surface area contributed by atoms with E-state index in [1.165, 1.54) is 103 Å². The fourth-order valence-corrected chi connectivity index (χ4v) is 4.31. The van der Waals surface area contributed by atoms with Crippen LogP contribution in [0.15, 0.2) is 10.4 Å². The topological polar surface area (TPSA) is 58.9 Å². The van der Waals surface area contributed by atoms with Gasteiger partial charge in [-0.1, -0.05) is 153 Å². The van der Waals surface area contributed by atoms with Crippen LogP contribution in [-0.2, 0) is 0 Å². The fourth-order valence-electron chi connectivity index (χ4n) is 4.31. The minimum Gasteiger partial charge on any atom is -0.150 e. The van der Waals surface area contributed by atoms with E-state index in [4.69, 9.17) is 0 Å². The lowest BCUT2D eigenvalue weighted by Gasteiger charge is -2.15. The van der Waals surface area contributed by atoms with Crippen molar-refractivity contribution in [2.24, 2.45) is 10.4 Å². The molecule has 178 valence electrons. The zero-order valence-corrected chi connectivity index (χ0v) is 20.4. The lowest BCUT2D eigenvalue weighted by molar-refractivity contribution is 0.428. The molecule has 0 rings (SSSR count). The average molecular weight is 425 g/mol. The summed E-state index contributed by atoms with van der Waals surface area (Å²) in [5.41, 5.74) is 0. The molecule has 0 saturated carbocycles. The van der Waals surface area contributed by atoms with Crippen LogP contribution in [-0.4, -0.2) is 12.1 Å². The molecule has 0 aliphatic carbocycles. The first kappa shape index (κ1) is 29.2. The summed E-state index contributed by atoms with van der Waals surface area (Å²) in [7, 11) is 0. The molecule has 0 heterocycles. The van der Waals surface area contributed by atoms with E-state index in [-0.39, 0.29) is 0 Å². The number of unbranched alkanes of at least 4 members (excludes halogenated alkanes) is 18. The molecule has 0 bridgehead atoms. The summed E-state index contributed by atoms with van der Waals surface area (Å²) >= 11 is 0. The lowest BCUT2D eigenvalue weighted by atomic mass is 9.96. The summed E-state index contributed by atoms with van der Waals surface area (Å²) in [5.74, 6) is 0. The second-order valence-corrected chi connectivity index (χ2v) is 9.29. The maximum absolute atomic E-state index is 11.2. The number of rotatable bonds is 25. The van der Waals surface area contributed by atoms with Crippen LogP contribution in [0.2, 0.25) is 0 Å². The Morgan fingerprint density at radius 2 is 0.633 bits per heavy atom. The lowest BCUT2D eigenvalue weighted by Crippen LogP contribution is -2.22. The van der Waals surface area contributed by atoms with Crippen LogP contribution in [0.5, 0.6) is 0 Å². The van der Waals surface area contributed by atoms with Crippen molar-refractivity contribution in [3.63, 3.8) is 0 Å². The standard InChI is InChI=1S/C26H52N2O2/c1-3-5-7-9-11-13-15-17-19-21-23-25(27-29)26(28-30)24-22-20-18-16-14-12-10-8-6-4-2/h25-26H,3-24H2,1-2H3. The van der Waals surface area contributed by atoms with Gasteiger partial charge in [-0.05, 0) is 12.8 Å². The van der Waals surface area contributed by atoms with Gasteiger partial charge < -0.3 is 0 Å². The highest BCUT2D eigenvalue weighted by molar-refractivity contribution is 4.81. The Morgan fingerprint density at radius 1 is 0.400 bits per heavy atom. The third-order valence-electron chi connectivity index (χ3n) is 6.42. The summed E-state index contributed by atoms with van der Waals surface area (Å²) in [6, 6.07) is -0.815. The fraction of sp³-hybridized carbons (Fsp3) is 1.00. The molecule has 0 fully saturated rings. The van der Waals surface area contributed by atoms with Gasteiger partial charge in [-0.3, -0.25) is 0 Å². The maximum Gasteiger partial charge on any atom is 0.118 e. The first-order valence-electron chi connectivity index (χ1n) is 13.4. The van der Waals surface area contributed by atoms with E-state index < -0.39 is 12.1 Å². The number of nitrogens with zero attached hydrogens (tertiary/aromatic N) is 2. The highest BCUT2D eigenvalue weighted by Crippen LogP contribution is 2.20. The molecule has 30 heavy (non-hydrogen) atoms. The molecule has 0 N–H and O–H groups in total. The number of hydrogen-bond acceptors (Lipinski definition) is 4. The van der Waals surface area contributed by atoms with E-state index in [0.29, 0.717) is 0 Å². The molecule has 0 aromatic heterocycles. The molecular formula is C26H52N2O2. The predicted octanol–water partition coefficient (Wildman–Crippen LogP) is 9.88. The largest absolute Gasteiger partial charge is 0.150 e. The highest BCUT2D eigenvalue weighted by Gasteiger charge is 2.22. The van der Waals surface area contributed by atoms with Gasteiger partial charge in [0.05, 0.1) is 0 Å². The molecule has 0 aromatic rings. The zero-order chi connectivity index (χ0) is 22.1. The molecule has 0 radical (unpaired) electrons. The Morgan fingerprint density at radius 3 is 0.867 bits per heavy atom. The van der Waals surface area contributed by atoms with E-state index in [0.717, 1.165) is 38.5 Å². The average Bonchev–Trinajstić information content (AvgIpc) is 2.77. The van der Waals surface area contributed by atoms with Crippen molar-refractivity contribution in [3.8, 4) is 0 Å². The summed E-state index contributed by atoms with van der Waals surface area (Å²) in [5, 5.41) is 6.51. The predicted molar refractivity (Wildman–Crippen MR) is 132 cm³/mol. The molecule has 2 atom stereocenters. The van der Waals surface area contributed by atoms with Gasteiger partial charge in [0, 0.05) is 0 Å². The maximum atomic E-state index is 11.2. The van der Waals surface area contributed by atoms with E-state index in [9.17, 15) is 9.81 Å². The minimum atomic E-state index is -0.407. The highest BCUT2D eigenvalue weighted by atomic mass is 16.3. The van der Waals surface area contributed by atoms with Crippen LogP contribution in [0.4, 0.5) is 0 Å². The van der Waals surface area contributed by atoms with Crippen molar-refractivity contribution < 1.29 is 0 Å². The van der Waals surface area contributed by atoms with Gasteiger partial charge in [0.15, 0.2) is 0 Å². The van der Waals surface area contributed by atoms with Crippen molar-refractivity contribution >= 4 is 0 Å². The Hall–Kier alpha value is -0.800. The van der Waals surface area contributed by atoms with Crippen LogP contribution in [0.3, 0.4) is 0 Å². The molecule has 0 amide bonds. The molecule has 4 nitrogen and oxygen atoms in total. The van der Waals surface area contributed by atoms with Gasteiger partial charge in [0.1, 0.15) is 12.1 Å². The van der Waals surface area contributed by atoms with E-state index in [1.807, 2.05) is 0 Å². The molecule has 0 saturated heterocycles. The van der Waals surface area contributed by atoms with Gasteiger partial charge in [-0.2, -0.15) is 9.81 Å². The molecular weight excluding hydrogens is 372 g/mol. The minimum absolute atomic E-state index is 0.407. The van der Waals surface area contributed by atoms with E-state index in [1.54, 1.807) is 0 Å². The third-order valence-corrected chi connectivity index (χ3v) is 6.42. The summed E-state index contributed by atoms with van der Waals surface area (Å²) in [6.07, 6.45) is 27.0. The van der Waals surface area contributed by atoms with Gasteiger partial charge >= 0.3 is 0 Å². The van der Waals surface area contributed by atoms with Crippen LogP contribution in [0.1, 0.15) is 155 Å². The Labute approximate surface area is 187 Å². The van der Waals surface area contributed by atoms with Gasteiger partial charge in [-0.25, -0.2) is 0 Å². The second kappa shape index (κ2) is 24.5. The van der Waals surface area contributed by atoms with E-state index in [2.05, 4.69) is 24.2 Å². The van der Waals surface area contributed by atoms with Crippen molar-refractivity contribution in [1.29, 1.82) is 0 Å². The monoisotopic (exact) mass is 424 g/mol. The SMILES string of the molecule is CCCCCCCCCCCCC(N=O)C(CCCCCCCCCCCC)N=O. The molecule has 0 aliphatic heterocycles. The first-order chi connectivity index (χ1) is 14.8. The molecule has 0 aromatic carbocycles. The van der Waals surface area contributed by atoms with Crippen LogP contribution < -0.4 is 0 Å². The smallest absolute Gasteiger partial charge is 0.118 e. The van der Waals surface area contributed by atoms with Crippen molar-refractivity contribution in [2.75, 3.05) is 0 Å². The molecule has 0 aliphatic rings. The third kappa shape index (κ3) is 19.2. The van der Waals surface area contributed by atoms with Crippen LogP contribution in [0, 0.1) is 9.81 Å². The molecule has 4 heteroatoms.